The number of esters is 1. The summed E-state index contributed by atoms with van der Waals surface area (Å²) in [5.74, 6) is -2.19. The second kappa shape index (κ2) is 17.7. The second-order valence-corrected chi connectivity index (χ2v) is 17.4. The predicted molar refractivity (Wildman–Crippen MR) is 202 cm³/mol. The van der Waals surface area contributed by atoms with Crippen LogP contribution in [0.2, 0.25) is 0 Å². The van der Waals surface area contributed by atoms with Crippen molar-refractivity contribution in [2.24, 2.45) is 16.5 Å². The first-order valence-corrected chi connectivity index (χ1v) is 20.2. The second-order valence-electron chi connectivity index (χ2n) is 13.7. The summed E-state index contributed by atoms with van der Waals surface area (Å²) < 4.78 is 67.7. The number of nitro benzene ring substituents is 1. The summed E-state index contributed by atoms with van der Waals surface area (Å²) in [5, 5.41) is 14.0. The molecular formula is C34H50N8O11S2. The number of hydrogen-bond donors (Lipinski definition) is 4. The first-order valence-electron chi connectivity index (χ1n) is 17.3. The Morgan fingerprint density at radius 1 is 1.09 bits per heavy atom. The largest absolute Gasteiger partial charge is 0.487 e. The van der Waals surface area contributed by atoms with Crippen LogP contribution in [0.4, 0.5) is 5.69 Å². The van der Waals surface area contributed by atoms with Crippen molar-refractivity contribution in [3.8, 4) is 5.75 Å². The van der Waals surface area contributed by atoms with Crippen LogP contribution >= 0.6 is 0 Å². The molecule has 3 rings (SSSR count). The summed E-state index contributed by atoms with van der Waals surface area (Å²) in [6, 6.07) is 1.80. The third-order valence-corrected chi connectivity index (χ3v) is 12.4. The zero-order valence-corrected chi connectivity index (χ0v) is 33.8. The molecule has 55 heavy (non-hydrogen) atoms. The number of nitrogens with one attached hydrogen (secondary N) is 2. The Morgan fingerprint density at radius 2 is 1.73 bits per heavy atom. The molecule has 1 aliphatic heterocycles. The van der Waals surface area contributed by atoms with Crippen molar-refractivity contribution in [2.75, 3.05) is 40.3 Å². The lowest BCUT2D eigenvalue weighted by Crippen LogP contribution is -2.56. The van der Waals surface area contributed by atoms with E-state index in [0.717, 1.165) is 29.6 Å². The summed E-state index contributed by atoms with van der Waals surface area (Å²) in [7, 11) is -6.39. The predicted octanol–water partition coefficient (Wildman–Crippen LogP) is 0.761. The van der Waals surface area contributed by atoms with E-state index < -0.39 is 84.1 Å². The molecule has 0 fully saturated rings. The average Bonchev–Trinajstić information content (AvgIpc) is 3.43. The summed E-state index contributed by atoms with van der Waals surface area (Å²) in [5.41, 5.74) is 13.5. The van der Waals surface area contributed by atoms with E-state index in [-0.39, 0.29) is 36.8 Å². The van der Waals surface area contributed by atoms with Gasteiger partial charge in [0.1, 0.15) is 23.9 Å². The Kier molecular flexibility index (Phi) is 14.4. The molecule has 2 atom stereocenters. The molecule has 0 saturated carbocycles. The van der Waals surface area contributed by atoms with Crippen LogP contribution in [0.3, 0.4) is 0 Å². The number of ether oxygens (including phenoxy) is 2. The molecule has 0 saturated heterocycles. The number of likely N-dealkylation sites (N-methyl/N-ethyl adjacent to an activating group) is 2. The molecule has 0 spiro atoms. The number of para-hydroxylation sites is 1. The molecule has 2 aromatic rings. The van der Waals surface area contributed by atoms with Gasteiger partial charge in [0.25, 0.3) is 15.7 Å². The lowest BCUT2D eigenvalue weighted by molar-refractivity contribution is -0.387. The van der Waals surface area contributed by atoms with Gasteiger partial charge in [-0.1, -0.05) is 12.1 Å². The Bertz CT molecular complexity index is 2070. The van der Waals surface area contributed by atoms with Crippen molar-refractivity contribution in [3.05, 3.63) is 56.6 Å². The van der Waals surface area contributed by atoms with E-state index in [0.29, 0.717) is 33.2 Å². The maximum Gasteiger partial charge on any atom is 0.325 e. The first-order chi connectivity index (χ1) is 25.4. The average molecular weight is 811 g/mol. The molecule has 2 aromatic carbocycles. The fourth-order valence-corrected chi connectivity index (χ4v) is 8.93. The fourth-order valence-electron chi connectivity index (χ4n) is 6.07. The van der Waals surface area contributed by atoms with E-state index in [1.165, 1.54) is 19.2 Å². The van der Waals surface area contributed by atoms with Crippen LogP contribution < -0.4 is 26.2 Å². The van der Waals surface area contributed by atoms with Gasteiger partial charge in [0, 0.05) is 45.2 Å². The van der Waals surface area contributed by atoms with Gasteiger partial charge in [-0.3, -0.25) is 29.5 Å². The molecule has 1 heterocycles. The highest BCUT2D eigenvalue weighted by molar-refractivity contribution is 7.90. The topological polar surface area (TPSA) is 276 Å². The maximum absolute atomic E-state index is 13.5. The van der Waals surface area contributed by atoms with Gasteiger partial charge < -0.3 is 31.2 Å². The lowest BCUT2D eigenvalue weighted by atomic mass is 9.94. The number of sulfonamides is 2. The number of nitro groups is 1. The number of aliphatic imine (C=N–C) groups is 1. The van der Waals surface area contributed by atoms with Crippen molar-refractivity contribution < 1.29 is 45.6 Å². The number of hydrogen-bond acceptors (Lipinski definition) is 13. The van der Waals surface area contributed by atoms with Crippen molar-refractivity contribution in [1.82, 2.24) is 19.2 Å². The van der Waals surface area contributed by atoms with Crippen molar-refractivity contribution in [2.45, 2.75) is 88.3 Å². The number of amides is 2. The first kappa shape index (κ1) is 44.5. The van der Waals surface area contributed by atoms with Crippen molar-refractivity contribution >= 4 is 49.5 Å². The zero-order chi connectivity index (χ0) is 41.6. The normalized spacial score (nSPS) is 15.1. The molecule has 2 amide bonds. The highest BCUT2D eigenvalue weighted by Crippen LogP contribution is 2.43. The van der Waals surface area contributed by atoms with Gasteiger partial charge in [0.15, 0.2) is 4.90 Å². The Morgan fingerprint density at radius 3 is 2.35 bits per heavy atom. The van der Waals surface area contributed by atoms with Crippen LogP contribution in [0.15, 0.2) is 39.0 Å². The van der Waals surface area contributed by atoms with Crippen LogP contribution in [-0.2, 0) is 45.6 Å². The minimum absolute atomic E-state index is 0.0166. The van der Waals surface area contributed by atoms with Crippen LogP contribution in [0.5, 0.6) is 5.75 Å². The van der Waals surface area contributed by atoms with E-state index >= 15 is 0 Å². The minimum atomic E-state index is -4.56. The summed E-state index contributed by atoms with van der Waals surface area (Å²) in [6.07, 6.45) is 0.659. The number of nitrogens with two attached hydrogens (primary N) is 2. The Hall–Kier alpha value is -4.86. The third kappa shape index (κ3) is 10.7. The quantitative estimate of drug-likeness (QED) is 0.0430. The van der Waals surface area contributed by atoms with Crippen LogP contribution in [0, 0.1) is 30.9 Å². The molecule has 0 radical (unpaired) electrons. The molecule has 0 aromatic heterocycles. The van der Waals surface area contributed by atoms with Gasteiger partial charge >= 0.3 is 5.97 Å². The van der Waals surface area contributed by atoms with Gasteiger partial charge in [0.05, 0.1) is 22.5 Å². The number of benzene rings is 2. The number of fused-ring (bicyclic) bond motifs is 1. The van der Waals surface area contributed by atoms with E-state index in [9.17, 15) is 41.3 Å². The summed E-state index contributed by atoms with van der Waals surface area (Å²) >= 11 is 0. The van der Waals surface area contributed by atoms with Gasteiger partial charge in [-0.15, -0.1) is 0 Å². The van der Waals surface area contributed by atoms with E-state index in [4.69, 9.17) is 20.9 Å². The molecular weight excluding hydrogens is 761 g/mol. The molecule has 19 nitrogen and oxygen atoms in total. The highest BCUT2D eigenvalue weighted by Gasteiger charge is 2.37. The fraction of sp³-hybridized carbons (Fsp3) is 0.529. The highest BCUT2D eigenvalue weighted by atomic mass is 32.2. The smallest absolute Gasteiger partial charge is 0.325 e. The van der Waals surface area contributed by atoms with E-state index in [1.54, 1.807) is 27.7 Å². The number of carbonyl (C=O) groups excluding carboxylic acids is 3. The number of rotatable bonds is 17. The molecule has 1 aliphatic rings. The minimum Gasteiger partial charge on any atom is -0.487 e. The number of nitrogens with zero attached hydrogens (tertiary/aromatic N) is 4. The van der Waals surface area contributed by atoms with Crippen LogP contribution in [-0.4, -0.2) is 113 Å². The molecule has 0 aliphatic carbocycles. The third-order valence-electron chi connectivity index (χ3n) is 8.94. The monoisotopic (exact) mass is 810 g/mol. The molecule has 2 unspecified atom stereocenters. The lowest BCUT2D eigenvalue weighted by Gasteiger charge is -2.28. The zero-order valence-electron chi connectivity index (χ0n) is 32.2. The molecule has 21 heteroatoms. The van der Waals surface area contributed by atoms with Crippen LogP contribution in [0.1, 0.15) is 55.9 Å². The number of carbonyl (C=O) groups is 3. The van der Waals surface area contributed by atoms with Gasteiger partial charge in [-0.25, -0.2) is 21.6 Å². The maximum atomic E-state index is 13.5. The molecule has 0 bridgehead atoms. The SMILES string of the molecule is CCOC(=O)CN(C)C(=O)C(CN(C)S(=O)(=O)c1ccccc1[N+](=O)[O-])NC(=O)C(N)CCCN=C(N)NS(=O)(=O)c1c(C)c(C)c2c(c1C)CC(C)(C)O2. The van der Waals surface area contributed by atoms with Gasteiger partial charge in [0.2, 0.25) is 27.8 Å². The van der Waals surface area contributed by atoms with Crippen molar-refractivity contribution in [1.29, 1.82) is 0 Å². The van der Waals surface area contributed by atoms with Crippen LogP contribution in [0.25, 0.3) is 0 Å². The molecule has 304 valence electrons. The summed E-state index contributed by atoms with van der Waals surface area (Å²) in [4.78, 5) is 53.9. The number of guanidine groups is 1. The Labute approximate surface area is 321 Å². The van der Waals surface area contributed by atoms with Gasteiger partial charge in [-0.2, -0.15) is 4.31 Å². The van der Waals surface area contributed by atoms with Crippen molar-refractivity contribution in [3.63, 3.8) is 0 Å². The van der Waals surface area contributed by atoms with Gasteiger partial charge in [-0.05, 0) is 77.1 Å². The standard InChI is InChI=1S/C34H50N8O11S2/c1-9-52-28(43)19-40(7)32(45)25(18-41(8)55(50,51)27-15-11-10-14-26(27)42(46)47)38-31(44)24(35)13-12-16-37-33(36)39-54(48,49)30-21(3)20(2)29-23(22(30)4)17-34(5,6)53-29/h10-11,14-15,24-25H,9,12-13,16-19,35H2,1-8H3,(H,38,44)(H3,36,37,39). The Balaban J connectivity index is 1.71. The summed E-state index contributed by atoms with van der Waals surface area (Å²) in [6.45, 7) is 9.41. The molecule has 6 N–H and O–H groups in total. The van der Waals surface area contributed by atoms with E-state index in [2.05, 4.69) is 15.0 Å². The van der Waals surface area contributed by atoms with E-state index in [1.807, 2.05) is 13.8 Å².